The fraction of sp³-hybridized carbons (Fsp3) is 0.222. The molecule has 1 amide bonds. The molecule has 0 bridgehead atoms. The summed E-state index contributed by atoms with van der Waals surface area (Å²) in [5.41, 5.74) is 3.26. The minimum absolute atomic E-state index is 0.160. The van der Waals surface area contributed by atoms with Gasteiger partial charge in [0.2, 0.25) is 0 Å². The van der Waals surface area contributed by atoms with Crippen LogP contribution >= 0.6 is 0 Å². The van der Waals surface area contributed by atoms with Gasteiger partial charge in [-0.3, -0.25) is 4.79 Å². The third-order valence-corrected chi connectivity index (χ3v) is 4.24. The standard InChI is InChI=1S/C18H18N6O2/c25-18(14-1-5-17(6-2-14)24-13-19-21-22-24)20-15-3-7-16(8-4-15)23-9-11-26-12-10-23/h1-8,13H,9-12H2,(H,20,25). The minimum Gasteiger partial charge on any atom is -0.378 e. The molecular weight excluding hydrogens is 332 g/mol. The Balaban J connectivity index is 1.41. The van der Waals surface area contributed by atoms with Gasteiger partial charge in [-0.2, -0.15) is 0 Å². The average molecular weight is 350 g/mol. The van der Waals surface area contributed by atoms with Crippen LogP contribution in [0.5, 0.6) is 0 Å². The number of hydrogen-bond donors (Lipinski definition) is 1. The number of amides is 1. The Morgan fingerprint density at radius 2 is 1.65 bits per heavy atom. The zero-order chi connectivity index (χ0) is 17.8. The number of rotatable bonds is 4. The molecule has 8 heteroatoms. The number of carbonyl (C=O) groups excluding carboxylic acids is 1. The molecule has 132 valence electrons. The smallest absolute Gasteiger partial charge is 0.255 e. The molecule has 8 nitrogen and oxygen atoms in total. The Morgan fingerprint density at radius 1 is 0.962 bits per heavy atom. The van der Waals surface area contributed by atoms with E-state index < -0.39 is 0 Å². The molecule has 1 aliphatic rings. The van der Waals surface area contributed by atoms with Crippen molar-refractivity contribution in [3.63, 3.8) is 0 Å². The highest BCUT2D eigenvalue weighted by Crippen LogP contribution is 2.19. The molecule has 4 rings (SSSR count). The number of hydrogen-bond acceptors (Lipinski definition) is 6. The molecule has 0 unspecified atom stereocenters. The summed E-state index contributed by atoms with van der Waals surface area (Å²) in [6.07, 6.45) is 1.51. The van der Waals surface area contributed by atoms with Crippen molar-refractivity contribution in [1.82, 2.24) is 20.2 Å². The van der Waals surface area contributed by atoms with Crippen molar-refractivity contribution < 1.29 is 9.53 Å². The van der Waals surface area contributed by atoms with Gasteiger partial charge >= 0.3 is 0 Å². The van der Waals surface area contributed by atoms with Gasteiger partial charge in [0.05, 0.1) is 18.9 Å². The van der Waals surface area contributed by atoms with Crippen molar-refractivity contribution in [2.75, 3.05) is 36.5 Å². The second kappa shape index (κ2) is 7.32. The van der Waals surface area contributed by atoms with Crippen LogP contribution in [0.4, 0.5) is 11.4 Å². The van der Waals surface area contributed by atoms with Crippen LogP contribution < -0.4 is 10.2 Å². The Bertz CT molecular complexity index is 856. The molecule has 0 spiro atoms. The summed E-state index contributed by atoms with van der Waals surface area (Å²) in [4.78, 5) is 14.7. The topological polar surface area (TPSA) is 85.2 Å². The van der Waals surface area contributed by atoms with E-state index in [4.69, 9.17) is 4.74 Å². The average Bonchev–Trinajstić information content (AvgIpc) is 3.24. The van der Waals surface area contributed by atoms with E-state index in [1.54, 1.807) is 24.3 Å². The number of nitrogens with zero attached hydrogens (tertiary/aromatic N) is 5. The molecule has 0 saturated carbocycles. The summed E-state index contributed by atoms with van der Waals surface area (Å²) in [5.74, 6) is -0.160. The van der Waals surface area contributed by atoms with Gasteiger partial charge in [0.25, 0.3) is 5.91 Å². The van der Waals surface area contributed by atoms with E-state index in [0.29, 0.717) is 5.56 Å². The van der Waals surface area contributed by atoms with Crippen LogP contribution in [0.3, 0.4) is 0 Å². The summed E-state index contributed by atoms with van der Waals surface area (Å²) in [5, 5.41) is 13.9. The van der Waals surface area contributed by atoms with E-state index in [1.165, 1.54) is 11.0 Å². The maximum atomic E-state index is 12.4. The van der Waals surface area contributed by atoms with Crippen molar-refractivity contribution in [2.45, 2.75) is 0 Å². The van der Waals surface area contributed by atoms with Gasteiger partial charge in [0.1, 0.15) is 6.33 Å². The lowest BCUT2D eigenvalue weighted by molar-refractivity contribution is 0.102. The molecule has 1 aliphatic heterocycles. The minimum atomic E-state index is -0.160. The predicted octanol–water partition coefficient (Wildman–Crippen LogP) is 1.75. The number of benzene rings is 2. The van der Waals surface area contributed by atoms with E-state index in [0.717, 1.165) is 43.4 Å². The fourth-order valence-electron chi connectivity index (χ4n) is 2.83. The van der Waals surface area contributed by atoms with Crippen molar-refractivity contribution in [3.05, 3.63) is 60.4 Å². The van der Waals surface area contributed by atoms with Gasteiger partial charge in [-0.1, -0.05) is 0 Å². The summed E-state index contributed by atoms with van der Waals surface area (Å²) in [6, 6.07) is 14.9. The highest BCUT2D eigenvalue weighted by molar-refractivity contribution is 6.04. The van der Waals surface area contributed by atoms with Crippen LogP contribution in [-0.2, 0) is 4.74 Å². The molecule has 2 heterocycles. The van der Waals surface area contributed by atoms with Gasteiger partial charge in [-0.15, -0.1) is 5.10 Å². The molecule has 1 aromatic heterocycles. The first-order chi connectivity index (χ1) is 12.8. The van der Waals surface area contributed by atoms with E-state index >= 15 is 0 Å². The summed E-state index contributed by atoms with van der Waals surface area (Å²) in [6.45, 7) is 3.27. The normalized spacial score (nSPS) is 14.2. The van der Waals surface area contributed by atoms with Gasteiger partial charge in [-0.05, 0) is 59.0 Å². The Hall–Kier alpha value is -3.26. The highest BCUT2D eigenvalue weighted by atomic mass is 16.5. The number of tetrazole rings is 1. The van der Waals surface area contributed by atoms with Crippen LogP contribution in [0.1, 0.15) is 10.4 Å². The van der Waals surface area contributed by atoms with Gasteiger partial charge in [-0.25, -0.2) is 4.68 Å². The molecule has 3 aromatic rings. The van der Waals surface area contributed by atoms with Crippen LogP contribution in [0.15, 0.2) is 54.9 Å². The van der Waals surface area contributed by atoms with E-state index in [-0.39, 0.29) is 5.91 Å². The fourth-order valence-corrected chi connectivity index (χ4v) is 2.83. The lowest BCUT2D eigenvalue weighted by Gasteiger charge is -2.28. The number of carbonyl (C=O) groups is 1. The predicted molar refractivity (Wildman–Crippen MR) is 96.6 cm³/mol. The Morgan fingerprint density at radius 3 is 2.31 bits per heavy atom. The maximum Gasteiger partial charge on any atom is 0.255 e. The quantitative estimate of drug-likeness (QED) is 0.772. The SMILES string of the molecule is O=C(Nc1ccc(N2CCOCC2)cc1)c1ccc(-n2cnnn2)cc1. The Kier molecular flexibility index (Phi) is 4.57. The van der Waals surface area contributed by atoms with E-state index in [1.807, 2.05) is 24.3 Å². The first-order valence-corrected chi connectivity index (χ1v) is 8.37. The maximum absolute atomic E-state index is 12.4. The molecule has 1 fully saturated rings. The van der Waals surface area contributed by atoms with E-state index in [2.05, 4.69) is 25.7 Å². The first kappa shape index (κ1) is 16.2. The molecule has 2 aromatic carbocycles. The summed E-state index contributed by atoms with van der Waals surface area (Å²) >= 11 is 0. The lowest BCUT2D eigenvalue weighted by Crippen LogP contribution is -2.36. The summed E-state index contributed by atoms with van der Waals surface area (Å²) in [7, 11) is 0. The molecule has 1 N–H and O–H groups in total. The number of nitrogens with one attached hydrogen (secondary N) is 1. The molecular formula is C18H18N6O2. The zero-order valence-corrected chi connectivity index (χ0v) is 14.1. The van der Waals surface area contributed by atoms with Crippen molar-refractivity contribution >= 4 is 17.3 Å². The number of morpholine rings is 1. The van der Waals surface area contributed by atoms with Crippen molar-refractivity contribution in [2.24, 2.45) is 0 Å². The zero-order valence-electron chi connectivity index (χ0n) is 14.1. The van der Waals surface area contributed by atoms with Crippen LogP contribution in [0.2, 0.25) is 0 Å². The number of ether oxygens (including phenoxy) is 1. The van der Waals surface area contributed by atoms with E-state index in [9.17, 15) is 4.79 Å². The van der Waals surface area contributed by atoms with Crippen LogP contribution in [0, 0.1) is 0 Å². The second-order valence-corrected chi connectivity index (χ2v) is 5.90. The first-order valence-electron chi connectivity index (χ1n) is 8.37. The monoisotopic (exact) mass is 350 g/mol. The Labute approximate surface area is 150 Å². The third-order valence-electron chi connectivity index (χ3n) is 4.24. The molecule has 1 saturated heterocycles. The second-order valence-electron chi connectivity index (χ2n) is 5.90. The van der Waals surface area contributed by atoms with Crippen molar-refractivity contribution in [1.29, 1.82) is 0 Å². The van der Waals surface area contributed by atoms with Gasteiger partial charge in [0, 0.05) is 30.0 Å². The van der Waals surface area contributed by atoms with Gasteiger partial charge < -0.3 is 15.0 Å². The lowest BCUT2D eigenvalue weighted by atomic mass is 10.2. The molecule has 0 aliphatic carbocycles. The third kappa shape index (κ3) is 3.55. The van der Waals surface area contributed by atoms with Crippen LogP contribution in [-0.4, -0.2) is 52.4 Å². The summed E-state index contributed by atoms with van der Waals surface area (Å²) < 4.78 is 6.90. The molecule has 26 heavy (non-hydrogen) atoms. The van der Waals surface area contributed by atoms with Crippen LogP contribution in [0.25, 0.3) is 5.69 Å². The highest BCUT2D eigenvalue weighted by Gasteiger charge is 2.11. The number of aromatic nitrogens is 4. The molecule has 0 radical (unpaired) electrons. The number of anilines is 2. The molecule has 0 atom stereocenters. The van der Waals surface area contributed by atoms with Gasteiger partial charge in [0.15, 0.2) is 0 Å². The van der Waals surface area contributed by atoms with Crippen molar-refractivity contribution in [3.8, 4) is 5.69 Å². The largest absolute Gasteiger partial charge is 0.378 e.